The lowest BCUT2D eigenvalue weighted by Crippen LogP contribution is -2.60. The topological polar surface area (TPSA) is 247 Å². The third-order valence-electron chi connectivity index (χ3n) is 10.3. The minimum absolute atomic E-state index is 0.0644. The summed E-state index contributed by atoms with van der Waals surface area (Å²) < 4.78 is 17.1. The first-order chi connectivity index (χ1) is 25.1. The number of carbonyl (C=O) groups excluding carboxylic acids is 1. The van der Waals surface area contributed by atoms with Crippen molar-refractivity contribution < 1.29 is 70.1 Å². The normalized spacial score (nSPS) is 27.8. The molecule has 0 bridgehead atoms. The minimum atomic E-state index is -1.62. The van der Waals surface area contributed by atoms with Crippen LogP contribution in [0.3, 0.4) is 0 Å². The molecule has 1 aliphatic rings. The summed E-state index contributed by atoms with van der Waals surface area (Å²) in [5.74, 6) is -1.67. The highest BCUT2D eigenvalue weighted by Gasteiger charge is 2.45. The Morgan fingerprint density at radius 3 is 1.69 bits per heavy atom. The van der Waals surface area contributed by atoms with Gasteiger partial charge in [0.2, 0.25) is 0 Å². The smallest absolute Gasteiger partial charge is 0.333 e. The van der Waals surface area contributed by atoms with Crippen LogP contribution in [-0.4, -0.2) is 144 Å². The number of aliphatic hydroxyl groups excluding tert-OH is 10. The first-order valence-electron chi connectivity index (χ1n) is 19.0. The molecule has 0 saturated carbocycles. The second-order valence-corrected chi connectivity index (χ2v) is 15.4. The summed E-state index contributed by atoms with van der Waals surface area (Å²) >= 11 is 0. The summed E-state index contributed by atoms with van der Waals surface area (Å²) in [7, 11) is 0. The molecule has 14 nitrogen and oxygen atoms in total. The van der Waals surface area contributed by atoms with E-state index in [0.29, 0.717) is 17.1 Å². The summed E-state index contributed by atoms with van der Waals surface area (Å²) in [6, 6.07) is 0. The Morgan fingerprint density at radius 2 is 1.20 bits per heavy atom. The third kappa shape index (κ3) is 14.8. The molecule has 314 valence electrons. The van der Waals surface area contributed by atoms with Gasteiger partial charge in [-0.25, -0.2) is 4.79 Å². The fourth-order valence-corrected chi connectivity index (χ4v) is 6.81. The molecule has 0 unspecified atom stereocenters. The van der Waals surface area contributed by atoms with E-state index in [9.17, 15) is 55.9 Å². The first kappa shape index (κ1) is 50.0. The predicted octanol–water partition coefficient (Wildman–Crippen LogP) is 1.28. The van der Waals surface area contributed by atoms with Crippen molar-refractivity contribution in [3.63, 3.8) is 0 Å². The number of hydrogen-bond acceptors (Lipinski definition) is 14. The number of esters is 1. The van der Waals surface area contributed by atoms with E-state index in [1.807, 2.05) is 19.9 Å². The minimum Gasteiger partial charge on any atom is -0.453 e. The molecular formula is C40H70O14. The van der Waals surface area contributed by atoms with E-state index < -0.39 is 105 Å². The molecule has 54 heavy (non-hydrogen) atoms. The first-order valence-corrected chi connectivity index (χ1v) is 19.0. The summed E-state index contributed by atoms with van der Waals surface area (Å²) in [5, 5.41) is 102. The molecule has 10 N–H and O–H groups in total. The van der Waals surface area contributed by atoms with Crippen molar-refractivity contribution in [3.05, 3.63) is 46.6 Å². The quantitative estimate of drug-likeness (QED) is 0.0423. The molecule has 14 heteroatoms. The van der Waals surface area contributed by atoms with E-state index in [1.54, 1.807) is 33.8 Å². The molecular weight excluding hydrogens is 704 g/mol. The van der Waals surface area contributed by atoms with Gasteiger partial charge in [-0.3, -0.25) is 0 Å². The monoisotopic (exact) mass is 774 g/mol. The van der Waals surface area contributed by atoms with Gasteiger partial charge < -0.3 is 65.3 Å². The van der Waals surface area contributed by atoms with Gasteiger partial charge in [0.15, 0.2) is 12.4 Å². The third-order valence-corrected chi connectivity index (χ3v) is 10.3. The number of ether oxygens (including phenoxy) is 3. The van der Waals surface area contributed by atoms with E-state index in [4.69, 9.17) is 14.2 Å². The lowest BCUT2D eigenvalue weighted by molar-refractivity contribution is -0.310. The van der Waals surface area contributed by atoms with Gasteiger partial charge >= 0.3 is 5.97 Å². The molecule has 0 aromatic rings. The van der Waals surface area contributed by atoms with Crippen LogP contribution in [0.15, 0.2) is 46.6 Å². The molecule has 1 heterocycles. The number of allylic oxidation sites excluding steroid dienone is 1. The average Bonchev–Trinajstić information content (AvgIpc) is 3.13. The van der Waals surface area contributed by atoms with Crippen molar-refractivity contribution in [3.8, 4) is 0 Å². The summed E-state index contributed by atoms with van der Waals surface area (Å²) in [6.07, 6.45) is -5.62. The largest absolute Gasteiger partial charge is 0.453 e. The Labute approximate surface area is 321 Å². The molecule has 1 rings (SSSR count). The van der Waals surface area contributed by atoms with Gasteiger partial charge in [-0.05, 0) is 62.7 Å². The second-order valence-electron chi connectivity index (χ2n) is 15.4. The van der Waals surface area contributed by atoms with Crippen LogP contribution >= 0.6 is 0 Å². The maximum absolute atomic E-state index is 12.7. The van der Waals surface area contributed by atoms with Crippen molar-refractivity contribution in [2.24, 2.45) is 29.6 Å². The van der Waals surface area contributed by atoms with Crippen molar-refractivity contribution in [1.29, 1.82) is 0 Å². The van der Waals surface area contributed by atoms with E-state index in [0.717, 1.165) is 18.4 Å². The van der Waals surface area contributed by atoms with Crippen LogP contribution in [0.5, 0.6) is 0 Å². The van der Waals surface area contributed by atoms with Gasteiger partial charge in [0, 0.05) is 23.3 Å². The van der Waals surface area contributed by atoms with E-state index in [2.05, 4.69) is 26.8 Å². The van der Waals surface area contributed by atoms with Crippen LogP contribution in [0.25, 0.3) is 0 Å². The Balaban J connectivity index is 3.25. The van der Waals surface area contributed by atoms with Crippen LogP contribution in [-0.2, 0) is 19.0 Å². The van der Waals surface area contributed by atoms with Crippen LogP contribution < -0.4 is 0 Å². The molecule has 1 fully saturated rings. The highest BCUT2D eigenvalue weighted by molar-refractivity contribution is 5.88. The maximum Gasteiger partial charge on any atom is 0.333 e. The van der Waals surface area contributed by atoms with Crippen molar-refractivity contribution in [2.75, 3.05) is 19.8 Å². The van der Waals surface area contributed by atoms with Crippen LogP contribution in [0.4, 0.5) is 0 Å². The molecule has 15 atom stereocenters. The van der Waals surface area contributed by atoms with E-state index in [-0.39, 0.29) is 17.4 Å². The Kier molecular flexibility index (Phi) is 22.1. The molecule has 0 spiro atoms. The lowest BCUT2D eigenvalue weighted by Gasteiger charge is -2.41. The van der Waals surface area contributed by atoms with Crippen LogP contribution in [0.2, 0.25) is 0 Å². The van der Waals surface area contributed by atoms with Gasteiger partial charge in [-0.2, -0.15) is 0 Å². The summed E-state index contributed by atoms with van der Waals surface area (Å²) in [6.45, 7) is 16.3. The fraction of sp³-hybridized carbons (Fsp3) is 0.775. The van der Waals surface area contributed by atoms with Crippen LogP contribution in [0.1, 0.15) is 82.1 Å². The molecule has 0 aromatic heterocycles. The average molecular weight is 775 g/mol. The fourth-order valence-electron chi connectivity index (χ4n) is 6.81. The van der Waals surface area contributed by atoms with Crippen molar-refractivity contribution in [2.45, 2.75) is 149 Å². The Hall–Kier alpha value is -2.05. The van der Waals surface area contributed by atoms with Crippen molar-refractivity contribution in [1.82, 2.24) is 0 Å². The number of hydrogen-bond donors (Lipinski definition) is 10. The molecule has 0 amide bonds. The zero-order valence-corrected chi connectivity index (χ0v) is 33.7. The maximum atomic E-state index is 12.7. The zero-order chi connectivity index (χ0) is 41.6. The predicted molar refractivity (Wildman–Crippen MR) is 202 cm³/mol. The highest BCUT2D eigenvalue weighted by atomic mass is 16.7. The van der Waals surface area contributed by atoms with E-state index in [1.165, 1.54) is 13.0 Å². The Morgan fingerprint density at radius 1 is 0.704 bits per heavy atom. The van der Waals surface area contributed by atoms with E-state index >= 15 is 0 Å². The SMILES string of the molecule is CC[C@H](C)C[C@@H](C)C=C(C)[C@H](O[C@@H]1O[C@H](CO)[C@@H](O)[C@H](O)[C@@H]1O)[C@@H](C)C=C(C)[C@H](O)[C@@H](C)C=C(C)[C@H](O)[C@@H](C)C=C(C)C(=O)OC([C@H](O)CO)[C@H](O)CO. The van der Waals surface area contributed by atoms with Crippen LogP contribution in [0, 0.1) is 29.6 Å². The zero-order valence-electron chi connectivity index (χ0n) is 33.7. The number of rotatable bonds is 22. The summed E-state index contributed by atoms with van der Waals surface area (Å²) in [5.41, 5.74) is 2.03. The summed E-state index contributed by atoms with van der Waals surface area (Å²) in [4.78, 5) is 12.7. The van der Waals surface area contributed by atoms with Gasteiger partial charge in [-0.1, -0.05) is 72.3 Å². The molecule has 0 aliphatic carbocycles. The molecule has 0 aromatic carbocycles. The van der Waals surface area contributed by atoms with Gasteiger partial charge in [0.05, 0.1) is 38.1 Å². The second kappa shape index (κ2) is 23.9. The van der Waals surface area contributed by atoms with Crippen molar-refractivity contribution >= 4 is 5.97 Å². The Bertz CT molecular complexity index is 1240. The standard InChI is InChI=1S/C40H70O14/c1-11-20(2)12-21(3)13-26(8)37(54-40-36(50)35(49)34(48)31(19-43)52-40)27(9)15-24(6)32(46)22(4)14-23(5)33(47)25(7)16-28(10)39(51)53-38(29(44)17-41)30(45)18-42/h13-16,20-22,25,27,29-38,40-50H,11-12,17-19H2,1-10H3/t20-,21+,22-,25-,27-,29+,30+,31+,32+,33-,34+,35-,36-,37-,40-/m0/s1. The van der Waals surface area contributed by atoms with Gasteiger partial charge in [0.25, 0.3) is 0 Å². The number of aliphatic hydroxyl groups is 10. The van der Waals surface area contributed by atoms with Gasteiger partial charge in [0.1, 0.15) is 36.6 Å². The lowest BCUT2D eigenvalue weighted by atomic mass is 9.87. The number of carbonyl (C=O) groups is 1. The molecule has 1 aliphatic heterocycles. The molecule has 0 radical (unpaired) electrons. The van der Waals surface area contributed by atoms with Gasteiger partial charge in [-0.15, -0.1) is 0 Å². The molecule has 1 saturated heterocycles. The highest BCUT2D eigenvalue weighted by Crippen LogP contribution is 2.30.